The lowest BCUT2D eigenvalue weighted by Crippen LogP contribution is -2.11. The molecular formula is C15H14FNO2. The van der Waals surface area contributed by atoms with Crippen LogP contribution in [-0.4, -0.2) is 5.97 Å². The Morgan fingerprint density at radius 3 is 2.58 bits per heavy atom. The Bertz CT molecular complexity index is 597. The van der Waals surface area contributed by atoms with E-state index in [0.717, 1.165) is 5.56 Å². The lowest BCUT2D eigenvalue weighted by molar-refractivity contribution is 0.0466. The van der Waals surface area contributed by atoms with E-state index in [9.17, 15) is 9.18 Å². The van der Waals surface area contributed by atoms with E-state index in [4.69, 9.17) is 10.5 Å². The molecule has 0 aliphatic carbocycles. The molecule has 0 aliphatic rings. The Balaban J connectivity index is 2.15. The quantitative estimate of drug-likeness (QED) is 0.680. The Morgan fingerprint density at radius 2 is 1.89 bits per heavy atom. The molecule has 2 aromatic rings. The van der Waals surface area contributed by atoms with Gasteiger partial charge in [0.25, 0.3) is 0 Å². The summed E-state index contributed by atoms with van der Waals surface area (Å²) in [5.41, 5.74) is 6.64. The SMILES string of the molecule is Cc1ccc(N)c(F)c1C(=O)OCc1ccccc1. The molecule has 0 bridgehead atoms. The fourth-order valence-electron chi connectivity index (χ4n) is 1.73. The second-order valence-corrected chi connectivity index (χ2v) is 4.22. The van der Waals surface area contributed by atoms with Gasteiger partial charge >= 0.3 is 5.97 Å². The zero-order chi connectivity index (χ0) is 13.8. The summed E-state index contributed by atoms with van der Waals surface area (Å²) in [4.78, 5) is 11.9. The fraction of sp³-hybridized carbons (Fsp3) is 0.133. The van der Waals surface area contributed by atoms with E-state index in [-0.39, 0.29) is 17.9 Å². The molecule has 0 spiro atoms. The van der Waals surface area contributed by atoms with Crippen LogP contribution in [0.4, 0.5) is 10.1 Å². The van der Waals surface area contributed by atoms with Crippen molar-refractivity contribution in [3.63, 3.8) is 0 Å². The highest BCUT2D eigenvalue weighted by atomic mass is 19.1. The molecule has 0 unspecified atom stereocenters. The Labute approximate surface area is 110 Å². The van der Waals surface area contributed by atoms with Crippen molar-refractivity contribution < 1.29 is 13.9 Å². The number of benzene rings is 2. The molecule has 0 aliphatic heterocycles. The summed E-state index contributed by atoms with van der Waals surface area (Å²) in [6.45, 7) is 1.75. The van der Waals surface area contributed by atoms with E-state index in [1.807, 2.05) is 30.3 Å². The van der Waals surface area contributed by atoms with Gasteiger partial charge < -0.3 is 10.5 Å². The predicted molar refractivity (Wildman–Crippen MR) is 71.1 cm³/mol. The van der Waals surface area contributed by atoms with Crippen LogP contribution < -0.4 is 5.73 Å². The molecule has 2 rings (SSSR count). The molecule has 3 nitrogen and oxygen atoms in total. The van der Waals surface area contributed by atoms with Crippen LogP contribution in [-0.2, 0) is 11.3 Å². The van der Waals surface area contributed by atoms with Crippen molar-refractivity contribution in [3.05, 3.63) is 65.0 Å². The fourth-order valence-corrected chi connectivity index (χ4v) is 1.73. The molecule has 0 amide bonds. The van der Waals surface area contributed by atoms with Crippen LogP contribution in [0.15, 0.2) is 42.5 Å². The van der Waals surface area contributed by atoms with Crippen molar-refractivity contribution in [2.45, 2.75) is 13.5 Å². The standard InChI is InChI=1S/C15H14FNO2/c1-10-7-8-12(17)14(16)13(10)15(18)19-9-11-5-3-2-4-6-11/h2-8H,9,17H2,1H3. The van der Waals surface area contributed by atoms with Crippen molar-refractivity contribution in [1.29, 1.82) is 0 Å². The normalized spacial score (nSPS) is 10.2. The number of rotatable bonds is 3. The molecule has 0 radical (unpaired) electrons. The van der Waals surface area contributed by atoms with Gasteiger partial charge in [0.05, 0.1) is 5.69 Å². The molecule has 4 heteroatoms. The van der Waals surface area contributed by atoms with Crippen LogP contribution >= 0.6 is 0 Å². The highest BCUT2D eigenvalue weighted by molar-refractivity contribution is 5.92. The van der Waals surface area contributed by atoms with Gasteiger partial charge in [-0.15, -0.1) is 0 Å². The second kappa shape index (κ2) is 5.52. The molecule has 0 aromatic heterocycles. The lowest BCUT2D eigenvalue weighted by atomic mass is 10.1. The third-order valence-corrected chi connectivity index (χ3v) is 2.80. The average molecular weight is 259 g/mol. The monoisotopic (exact) mass is 259 g/mol. The maximum Gasteiger partial charge on any atom is 0.341 e. The van der Waals surface area contributed by atoms with Gasteiger partial charge in [-0.2, -0.15) is 0 Å². The van der Waals surface area contributed by atoms with Crippen molar-refractivity contribution >= 4 is 11.7 Å². The molecule has 0 heterocycles. The first kappa shape index (κ1) is 13.1. The zero-order valence-electron chi connectivity index (χ0n) is 10.5. The summed E-state index contributed by atoms with van der Waals surface area (Å²) in [6, 6.07) is 12.2. The van der Waals surface area contributed by atoms with E-state index >= 15 is 0 Å². The summed E-state index contributed by atoms with van der Waals surface area (Å²) in [5.74, 6) is -1.43. The Hall–Kier alpha value is -2.36. The van der Waals surface area contributed by atoms with Crippen LogP contribution in [0.3, 0.4) is 0 Å². The van der Waals surface area contributed by atoms with Gasteiger partial charge in [0.15, 0.2) is 5.82 Å². The molecule has 98 valence electrons. The number of hydrogen-bond acceptors (Lipinski definition) is 3. The van der Waals surface area contributed by atoms with Crippen LogP contribution in [0.2, 0.25) is 0 Å². The predicted octanol–water partition coefficient (Wildman–Crippen LogP) is 3.07. The van der Waals surface area contributed by atoms with Crippen LogP contribution in [0.25, 0.3) is 0 Å². The van der Waals surface area contributed by atoms with E-state index in [1.165, 1.54) is 6.07 Å². The maximum atomic E-state index is 13.8. The highest BCUT2D eigenvalue weighted by Crippen LogP contribution is 2.20. The second-order valence-electron chi connectivity index (χ2n) is 4.22. The molecule has 0 atom stereocenters. The first-order valence-electron chi connectivity index (χ1n) is 5.85. The summed E-state index contributed by atoms with van der Waals surface area (Å²) in [5, 5.41) is 0. The van der Waals surface area contributed by atoms with E-state index in [2.05, 4.69) is 0 Å². The summed E-state index contributed by atoms with van der Waals surface area (Å²) in [7, 11) is 0. The summed E-state index contributed by atoms with van der Waals surface area (Å²) >= 11 is 0. The zero-order valence-corrected chi connectivity index (χ0v) is 10.5. The first-order valence-corrected chi connectivity index (χ1v) is 5.85. The number of ether oxygens (including phenoxy) is 1. The highest BCUT2D eigenvalue weighted by Gasteiger charge is 2.18. The number of hydrogen-bond donors (Lipinski definition) is 1. The van der Waals surface area contributed by atoms with Gasteiger partial charge in [0, 0.05) is 0 Å². The molecule has 2 aromatic carbocycles. The molecular weight excluding hydrogens is 245 g/mol. The molecule has 0 fully saturated rings. The van der Waals surface area contributed by atoms with Gasteiger partial charge in [0.2, 0.25) is 0 Å². The first-order chi connectivity index (χ1) is 9.09. The van der Waals surface area contributed by atoms with Crippen LogP contribution in [0.5, 0.6) is 0 Å². The van der Waals surface area contributed by atoms with Crippen molar-refractivity contribution in [2.75, 3.05) is 5.73 Å². The van der Waals surface area contributed by atoms with Gasteiger partial charge in [-0.25, -0.2) is 9.18 Å². The van der Waals surface area contributed by atoms with Crippen molar-refractivity contribution in [2.24, 2.45) is 0 Å². The van der Waals surface area contributed by atoms with Gasteiger partial charge in [-0.3, -0.25) is 0 Å². The maximum absolute atomic E-state index is 13.8. The minimum absolute atomic E-state index is 0.0581. The van der Waals surface area contributed by atoms with Gasteiger partial charge in [0.1, 0.15) is 12.2 Å². The minimum Gasteiger partial charge on any atom is -0.457 e. The Kier molecular flexibility index (Phi) is 3.80. The number of nitrogens with two attached hydrogens (primary N) is 1. The van der Waals surface area contributed by atoms with Gasteiger partial charge in [-0.05, 0) is 24.1 Å². The van der Waals surface area contributed by atoms with Crippen LogP contribution in [0, 0.1) is 12.7 Å². The molecule has 0 saturated carbocycles. The number of carbonyl (C=O) groups is 1. The molecule has 19 heavy (non-hydrogen) atoms. The van der Waals surface area contributed by atoms with E-state index < -0.39 is 11.8 Å². The van der Waals surface area contributed by atoms with Crippen molar-refractivity contribution in [1.82, 2.24) is 0 Å². The number of anilines is 1. The topological polar surface area (TPSA) is 52.3 Å². The third kappa shape index (κ3) is 2.91. The minimum atomic E-state index is -0.724. The third-order valence-electron chi connectivity index (χ3n) is 2.80. The summed E-state index contributed by atoms with van der Waals surface area (Å²) in [6.07, 6.45) is 0. The van der Waals surface area contributed by atoms with Gasteiger partial charge in [-0.1, -0.05) is 36.4 Å². The summed E-state index contributed by atoms with van der Waals surface area (Å²) < 4.78 is 18.9. The number of nitrogen functional groups attached to an aromatic ring is 1. The van der Waals surface area contributed by atoms with Crippen LogP contribution in [0.1, 0.15) is 21.5 Å². The number of carbonyl (C=O) groups excluding carboxylic acids is 1. The number of aryl methyl sites for hydroxylation is 1. The lowest BCUT2D eigenvalue weighted by Gasteiger charge is -2.09. The molecule has 0 saturated heterocycles. The average Bonchev–Trinajstić information content (AvgIpc) is 2.42. The van der Waals surface area contributed by atoms with Crippen molar-refractivity contribution in [3.8, 4) is 0 Å². The number of halogens is 1. The van der Waals surface area contributed by atoms with E-state index in [0.29, 0.717) is 5.56 Å². The smallest absolute Gasteiger partial charge is 0.341 e. The number of esters is 1. The Morgan fingerprint density at radius 1 is 1.21 bits per heavy atom. The molecule has 2 N–H and O–H groups in total. The van der Waals surface area contributed by atoms with E-state index in [1.54, 1.807) is 13.0 Å². The largest absolute Gasteiger partial charge is 0.457 e.